The van der Waals surface area contributed by atoms with E-state index in [4.69, 9.17) is 0 Å². The molecule has 0 aliphatic carbocycles. The van der Waals surface area contributed by atoms with Crippen molar-refractivity contribution in [3.63, 3.8) is 0 Å². The highest BCUT2D eigenvalue weighted by Gasteiger charge is 2.31. The molecular weight excluding hydrogens is 603 g/mol. The highest BCUT2D eigenvalue weighted by molar-refractivity contribution is 6.12. The van der Waals surface area contributed by atoms with Crippen molar-refractivity contribution in [2.24, 2.45) is 0 Å². The summed E-state index contributed by atoms with van der Waals surface area (Å²) in [5.74, 6) is 0. The Labute approximate surface area is 275 Å². The zero-order valence-corrected chi connectivity index (χ0v) is 26.9. The fourth-order valence-corrected chi connectivity index (χ4v) is 7.27. The molecule has 0 spiro atoms. The van der Waals surface area contributed by atoms with Crippen LogP contribution in [0.3, 0.4) is 0 Å². The molecule has 2 heterocycles. The van der Waals surface area contributed by atoms with Crippen LogP contribution >= 0.6 is 0 Å². The van der Waals surface area contributed by atoms with E-state index in [1.807, 2.05) is 49.4 Å². The van der Waals surface area contributed by atoms with Gasteiger partial charge in [-0.2, -0.15) is 18.4 Å². The third kappa shape index (κ3) is 4.50. The molecule has 0 aliphatic rings. The minimum Gasteiger partial charge on any atom is -0.309 e. The molecule has 0 saturated heterocycles. The molecule has 234 valence electrons. The van der Waals surface area contributed by atoms with Crippen LogP contribution in [0.15, 0.2) is 109 Å². The van der Waals surface area contributed by atoms with Crippen molar-refractivity contribution in [1.82, 2.24) is 9.13 Å². The number of aryl methyl sites for hydroxylation is 3. The number of benzene rings is 6. The lowest BCUT2D eigenvalue weighted by atomic mass is 9.97. The topological polar surface area (TPSA) is 33.6 Å². The molecule has 8 rings (SSSR count). The Morgan fingerprint density at radius 2 is 1.08 bits per heavy atom. The molecule has 0 unspecified atom stereocenters. The molecule has 0 bridgehead atoms. The Morgan fingerprint density at radius 3 is 1.62 bits per heavy atom. The van der Waals surface area contributed by atoms with E-state index in [1.165, 1.54) is 12.1 Å². The molecule has 6 aromatic carbocycles. The highest BCUT2D eigenvalue weighted by Crippen LogP contribution is 2.43. The normalized spacial score (nSPS) is 12.0. The molecule has 8 aromatic rings. The SMILES string of the molecule is Cc1ccc2c(c1)c1cc(C(F)(F)F)ccc1n2-c1ccc(-c2cccc(C#N)c2)c(-n2c3ccc(C)cc3c3cc(C)ccc32)c1C. The van der Waals surface area contributed by atoms with E-state index in [0.717, 1.165) is 77.5 Å². The second-order valence-electron chi connectivity index (χ2n) is 12.8. The van der Waals surface area contributed by atoms with E-state index in [0.29, 0.717) is 16.5 Å². The Bertz CT molecular complexity index is 2600. The summed E-state index contributed by atoms with van der Waals surface area (Å²) in [7, 11) is 0. The predicted molar refractivity (Wildman–Crippen MR) is 189 cm³/mol. The molecule has 0 radical (unpaired) electrons. The van der Waals surface area contributed by atoms with Crippen LogP contribution in [0.1, 0.15) is 33.4 Å². The quantitative estimate of drug-likeness (QED) is 0.191. The van der Waals surface area contributed by atoms with Crippen molar-refractivity contribution in [1.29, 1.82) is 5.26 Å². The summed E-state index contributed by atoms with van der Waals surface area (Å²) in [6.45, 7) is 8.22. The Morgan fingerprint density at radius 1 is 0.562 bits per heavy atom. The molecule has 3 nitrogen and oxygen atoms in total. The van der Waals surface area contributed by atoms with Gasteiger partial charge in [0.25, 0.3) is 0 Å². The zero-order chi connectivity index (χ0) is 33.5. The summed E-state index contributed by atoms with van der Waals surface area (Å²) < 4.78 is 46.2. The second kappa shape index (κ2) is 10.6. The molecule has 48 heavy (non-hydrogen) atoms. The zero-order valence-electron chi connectivity index (χ0n) is 26.9. The van der Waals surface area contributed by atoms with Gasteiger partial charge in [0.05, 0.1) is 50.6 Å². The first kappa shape index (κ1) is 29.6. The number of rotatable bonds is 3. The van der Waals surface area contributed by atoms with Gasteiger partial charge in [-0.25, -0.2) is 0 Å². The van der Waals surface area contributed by atoms with Crippen LogP contribution in [0.2, 0.25) is 0 Å². The average Bonchev–Trinajstić information content (AvgIpc) is 3.55. The van der Waals surface area contributed by atoms with Gasteiger partial charge in [-0.1, -0.05) is 53.1 Å². The van der Waals surface area contributed by atoms with Crippen LogP contribution in [0.5, 0.6) is 0 Å². The van der Waals surface area contributed by atoms with E-state index < -0.39 is 11.7 Å². The molecule has 0 saturated carbocycles. The maximum atomic E-state index is 13.9. The number of hydrogen-bond acceptors (Lipinski definition) is 1. The average molecular weight is 634 g/mol. The summed E-state index contributed by atoms with van der Waals surface area (Å²) in [6.07, 6.45) is -4.46. The van der Waals surface area contributed by atoms with Crippen LogP contribution < -0.4 is 0 Å². The molecule has 0 atom stereocenters. The van der Waals surface area contributed by atoms with Gasteiger partial charge in [-0.3, -0.25) is 0 Å². The van der Waals surface area contributed by atoms with Gasteiger partial charge in [0.2, 0.25) is 0 Å². The van der Waals surface area contributed by atoms with Crippen molar-refractivity contribution in [3.8, 4) is 28.6 Å². The smallest absolute Gasteiger partial charge is 0.309 e. The summed E-state index contributed by atoms with van der Waals surface area (Å²) in [5, 5.41) is 13.4. The van der Waals surface area contributed by atoms with Crippen LogP contribution in [-0.2, 0) is 6.18 Å². The van der Waals surface area contributed by atoms with E-state index in [9.17, 15) is 18.4 Å². The minimum absolute atomic E-state index is 0.554. The second-order valence-corrected chi connectivity index (χ2v) is 12.8. The Kier molecular flexibility index (Phi) is 6.54. The molecule has 0 aliphatic heterocycles. The van der Waals surface area contributed by atoms with E-state index in [1.54, 1.807) is 12.1 Å². The lowest BCUT2D eigenvalue weighted by Gasteiger charge is -2.21. The monoisotopic (exact) mass is 633 g/mol. The number of nitriles is 1. The predicted octanol–water partition coefficient (Wildman–Crippen LogP) is 11.7. The number of hydrogen-bond donors (Lipinski definition) is 0. The van der Waals surface area contributed by atoms with E-state index in [2.05, 4.69) is 78.4 Å². The van der Waals surface area contributed by atoms with Crippen LogP contribution in [0.25, 0.3) is 66.1 Å². The van der Waals surface area contributed by atoms with Gasteiger partial charge in [0, 0.05) is 27.1 Å². The molecule has 0 amide bonds. The van der Waals surface area contributed by atoms with Crippen molar-refractivity contribution in [2.45, 2.75) is 33.9 Å². The van der Waals surface area contributed by atoms with Gasteiger partial charge in [0.15, 0.2) is 0 Å². The van der Waals surface area contributed by atoms with Crippen LogP contribution in [0.4, 0.5) is 13.2 Å². The van der Waals surface area contributed by atoms with E-state index >= 15 is 0 Å². The summed E-state index contributed by atoms with van der Waals surface area (Å²) in [5.41, 5.74) is 11.4. The van der Waals surface area contributed by atoms with Crippen LogP contribution in [-0.4, -0.2) is 9.13 Å². The number of halogens is 3. The highest BCUT2D eigenvalue weighted by atomic mass is 19.4. The minimum atomic E-state index is -4.46. The lowest BCUT2D eigenvalue weighted by molar-refractivity contribution is -0.137. The molecule has 6 heteroatoms. The van der Waals surface area contributed by atoms with E-state index in [-0.39, 0.29) is 0 Å². The molecule has 0 N–H and O–H groups in total. The maximum Gasteiger partial charge on any atom is 0.416 e. The standard InChI is InChI=1S/C42H30F3N3/c1-24-8-13-37-34(20-24)35-22-30(42(43,44)45)11-16-38(35)47(37)36-17-12-31(29-7-5-6-28(21-29)23-46)41(27(36)4)48-39-14-9-25(2)18-32(39)33-19-26(3)10-15-40(33)48/h5-22H,1-4H3. The molecule has 2 aromatic heterocycles. The van der Waals surface area contributed by atoms with Gasteiger partial charge in [-0.15, -0.1) is 0 Å². The number of alkyl halides is 3. The molecular formula is C42H30F3N3. The van der Waals surface area contributed by atoms with Gasteiger partial charge < -0.3 is 9.13 Å². The third-order valence-electron chi connectivity index (χ3n) is 9.49. The lowest BCUT2D eigenvalue weighted by Crippen LogP contribution is -2.06. The fraction of sp³-hybridized carbons (Fsp3) is 0.119. The number of nitrogens with zero attached hydrogens (tertiary/aromatic N) is 3. The number of aromatic nitrogens is 2. The number of fused-ring (bicyclic) bond motifs is 6. The Hall–Kier alpha value is -5.80. The third-order valence-corrected chi connectivity index (χ3v) is 9.49. The van der Waals surface area contributed by atoms with Crippen molar-refractivity contribution in [2.75, 3.05) is 0 Å². The summed E-state index contributed by atoms with van der Waals surface area (Å²) in [4.78, 5) is 0. The summed E-state index contributed by atoms with van der Waals surface area (Å²) >= 11 is 0. The summed E-state index contributed by atoms with van der Waals surface area (Å²) in [6, 6.07) is 37.0. The van der Waals surface area contributed by atoms with Crippen molar-refractivity contribution < 1.29 is 13.2 Å². The first-order chi connectivity index (χ1) is 23.0. The first-order valence-corrected chi connectivity index (χ1v) is 15.8. The van der Waals surface area contributed by atoms with Crippen LogP contribution in [0, 0.1) is 39.0 Å². The maximum absolute atomic E-state index is 13.9. The van der Waals surface area contributed by atoms with Gasteiger partial charge >= 0.3 is 6.18 Å². The molecule has 0 fully saturated rings. The van der Waals surface area contributed by atoms with Gasteiger partial charge in [0.1, 0.15) is 0 Å². The first-order valence-electron chi connectivity index (χ1n) is 15.8. The largest absolute Gasteiger partial charge is 0.416 e. The van der Waals surface area contributed by atoms with Crippen molar-refractivity contribution >= 4 is 43.6 Å². The Balaban J connectivity index is 1.53. The van der Waals surface area contributed by atoms with Gasteiger partial charge in [-0.05, 0) is 112 Å². The fourth-order valence-electron chi connectivity index (χ4n) is 7.27. The van der Waals surface area contributed by atoms with Crippen molar-refractivity contribution in [3.05, 3.63) is 143 Å².